The van der Waals surface area contributed by atoms with Gasteiger partial charge in [0.2, 0.25) is 0 Å². The number of anilines is 1. The molecule has 0 aromatic carbocycles. The predicted octanol–water partition coefficient (Wildman–Crippen LogP) is 3.67. The standard InChI is InChI=1S/C19H26N4O2S2/c1-5-23-12(3)13(10-21-23)9-20-19(26)22-17-16(18(24)25-4)14-7-6-11(2)8-15(14)27-17/h10-11H,5-9H2,1-4H3,(H2,20,22,26)/t11-/m0/s1. The number of nitrogens with zero attached hydrogens (tertiary/aromatic N) is 2. The Morgan fingerprint density at radius 1 is 1.52 bits per heavy atom. The van der Waals surface area contributed by atoms with E-state index in [2.05, 4.69) is 29.6 Å². The average molecular weight is 407 g/mol. The van der Waals surface area contributed by atoms with Gasteiger partial charge in [0.25, 0.3) is 0 Å². The van der Waals surface area contributed by atoms with Crippen LogP contribution in [0.1, 0.15) is 52.3 Å². The molecule has 2 N–H and O–H groups in total. The molecule has 0 radical (unpaired) electrons. The van der Waals surface area contributed by atoms with Gasteiger partial charge in [-0.3, -0.25) is 4.68 Å². The van der Waals surface area contributed by atoms with Crippen LogP contribution < -0.4 is 10.6 Å². The van der Waals surface area contributed by atoms with Crippen molar-refractivity contribution in [2.75, 3.05) is 12.4 Å². The Morgan fingerprint density at radius 3 is 2.96 bits per heavy atom. The molecule has 8 heteroatoms. The van der Waals surface area contributed by atoms with E-state index in [9.17, 15) is 4.79 Å². The predicted molar refractivity (Wildman–Crippen MR) is 113 cm³/mol. The van der Waals surface area contributed by atoms with E-state index in [0.717, 1.165) is 47.6 Å². The lowest BCUT2D eigenvalue weighted by molar-refractivity contribution is 0.0601. The van der Waals surface area contributed by atoms with Crippen molar-refractivity contribution in [3.8, 4) is 0 Å². The molecule has 0 bridgehead atoms. The molecule has 2 aromatic heterocycles. The van der Waals surface area contributed by atoms with Gasteiger partial charge in [0.15, 0.2) is 5.11 Å². The number of hydrogen-bond acceptors (Lipinski definition) is 5. The highest BCUT2D eigenvalue weighted by Gasteiger charge is 2.28. The fourth-order valence-corrected chi connectivity index (χ4v) is 5.10. The highest BCUT2D eigenvalue weighted by molar-refractivity contribution is 7.80. The largest absolute Gasteiger partial charge is 0.465 e. The van der Waals surface area contributed by atoms with Crippen molar-refractivity contribution < 1.29 is 9.53 Å². The molecule has 0 saturated heterocycles. The first-order valence-corrected chi connectivity index (χ1v) is 10.5. The van der Waals surface area contributed by atoms with Gasteiger partial charge < -0.3 is 15.4 Å². The molecule has 1 aliphatic rings. The first-order chi connectivity index (χ1) is 12.9. The summed E-state index contributed by atoms with van der Waals surface area (Å²) in [7, 11) is 1.42. The van der Waals surface area contributed by atoms with Crippen LogP contribution in [0.15, 0.2) is 6.20 Å². The SMILES string of the molecule is CCn1ncc(CNC(=S)Nc2sc3c(c2C(=O)OC)CC[C@H](C)C3)c1C. The maximum absolute atomic E-state index is 12.4. The number of esters is 1. The minimum atomic E-state index is -0.299. The average Bonchev–Trinajstić information content (AvgIpc) is 3.18. The maximum atomic E-state index is 12.4. The second kappa shape index (κ2) is 8.39. The molecule has 27 heavy (non-hydrogen) atoms. The van der Waals surface area contributed by atoms with Crippen LogP contribution in [0.5, 0.6) is 0 Å². The normalized spacial score (nSPS) is 15.9. The van der Waals surface area contributed by atoms with Crippen LogP contribution in [0.25, 0.3) is 0 Å². The van der Waals surface area contributed by atoms with Gasteiger partial charge in [-0.1, -0.05) is 6.92 Å². The lowest BCUT2D eigenvalue weighted by Gasteiger charge is -2.18. The Hall–Kier alpha value is -1.93. The van der Waals surface area contributed by atoms with Crippen LogP contribution in [0.3, 0.4) is 0 Å². The van der Waals surface area contributed by atoms with Crippen LogP contribution in [0, 0.1) is 12.8 Å². The van der Waals surface area contributed by atoms with Crippen molar-refractivity contribution in [2.24, 2.45) is 5.92 Å². The topological polar surface area (TPSA) is 68.2 Å². The molecule has 1 aliphatic carbocycles. The first-order valence-electron chi connectivity index (χ1n) is 9.23. The smallest absolute Gasteiger partial charge is 0.341 e. The number of carbonyl (C=O) groups is 1. The molecule has 0 saturated carbocycles. The molecule has 3 rings (SSSR count). The quantitative estimate of drug-likeness (QED) is 0.583. The summed E-state index contributed by atoms with van der Waals surface area (Å²) in [5.74, 6) is 0.338. The van der Waals surface area contributed by atoms with Crippen molar-refractivity contribution in [2.45, 2.75) is 53.1 Å². The Bertz CT molecular complexity index is 856. The minimum absolute atomic E-state index is 0.299. The van der Waals surface area contributed by atoms with E-state index in [1.807, 2.05) is 17.8 Å². The number of methoxy groups -OCH3 is 1. The van der Waals surface area contributed by atoms with E-state index in [4.69, 9.17) is 17.0 Å². The highest BCUT2D eigenvalue weighted by Crippen LogP contribution is 2.40. The van der Waals surface area contributed by atoms with E-state index >= 15 is 0 Å². The van der Waals surface area contributed by atoms with E-state index < -0.39 is 0 Å². The number of ether oxygens (including phenoxy) is 1. The number of thiophene rings is 1. The second-order valence-corrected chi connectivity index (χ2v) is 8.44. The Morgan fingerprint density at radius 2 is 2.30 bits per heavy atom. The monoisotopic (exact) mass is 406 g/mol. The van der Waals surface area contributed by atoms with E-state index in [-0.39, 0.29) is 5.97 Å². The number of rotatable bonds is 5. The van der Waals surface area contributed by atoms with Crippen LogP contribution in [-0.2, 0) is 30.7 Å². The van der Waals surface area contributed by atoms with Gasteiger partial charge >= 0.3 is 5.97 Å². The fraction of sp³-hybridized carbons (Fsp3) is 0.526. The third-order valence-electron chi connectivity index (χ3n) is 5.07. The summed E-state index contributed by atoms with van der Waals surface area (Å²) in [5.41, 5.74) is 4.00. The molecular formula is C19H26N4O2S2. The summed E-state index contributed by atoms with van der Waals surface area (Å²) in [6, 6.07) is 0. The molecular weight excluding hydrogens is 380 g/mol. The van der Waals surface area contributed by atoms with Crippen LogP contribution >= 0.6 is 23.6 Å². The molecule has 0 unspecified atom stereocenters. The number of aromatic nitrogens is 2. The molecule has 2 aromatic rings. The molecule has 0 fully saturated rings. The fourth-order valence-electron chi connectivity index (χ4n) is 3.46. The number of carbonyl (C=O) groups excluding carboxylic acids is 1. The van der Waals surface area contributed by atoms with Gasteiger partial charge in [-0.2, -0.15) is 5.10 Å². The summed E-state index contributed by atoms with van der Waals surface area (Å²) in [4.78, 5) is 13.6. The van der Waals surface area contributed by atoms with Crippen molar-refractivity contribution in [3.05, 3.63) is 33.5 Å². The molecule has 0 aliphatic heterocycles. The lowest BCUT2D eigenvalue weighted by Crippen LogP contribution is -2.28. The van der Waals surface area contributed by atoms with Crippen molar-refractivity contribution >= 4 is 39.6 Å². The van der Waals surface area contributed by atoms with Gasteiger partial charge in [0.05, 0.1) is 18.9 Å². The molecule has 1 atom stereocenters. The second-order valence-electron chi connectivity index (χ2n) is 6.93. The van der Waals surface area contributed by atoms with E-state index in [1.165, 1.54) is 12.0 Å². The number of fused-ring (bicyclic) bond motifs is 1. The number of nitrogens with one attached hydrogen (secondary N) is 2. The maximum Gasteiger partial charge on any atom is 0.341 e. The van der Waals surface area contributed by atoms with Crippen molar-refractivity contribution in [1.29, 1.82) is 0 Å². The van der Waals surface area contributed by atoms with Gasteiger partial charge in [-0.05, 0) is 56.8 Å². The van der Waals surface area contributed by atoms with E-state index in [1.54, 1.807) is 11.3 Å². The summed E-state index contributed by atoms with van der Waals surface area (Å²) in [6.45, 7) is 7.80. The zero-order chi connectivity index (χ0) is 19.6. The number of aryl methyl sites for hydroxylation is 1. The van der Waals surface area contributed by atoms with Crippen LogP contribution in [0.4, 0.5) is 5.00 Å². The minimum Gasteiger partial charge on any atom is -0.465 e. The zero-order valence-electron chi connectivity index (χ0n) is 16.2. The Kier molecular flexibility index (Phi) is 6.16. The Balaban J connectivity index is 1.73. The van der Waals surface area contributed by atoms with Crippen molar-refractivity contribution in [3.63, 3.8) is 0 Å². The van der Waals surface area contributed by atoms with Crippen LogP contribution in [0.2, 0.25) is 0 Å². The van der Waals surface area contributed by atoms with Crippen LogP contribution in [-0.4, -0.2) is 28.0 Å². The first kappa shape index (κ1) is 19.8. The molecule has 6 nitrogen and oxygen atoms in total. The lowest BCUT2D eigenvalue weighted by atomic mass is 9.88. The summed E-state index contributed by atoms with van der Waals surface area (Å²) >= 11 is 7.08. The summed E-state index contributed by atoms with van der Waals surface area (Å²) < 4.78 is 6.98. The molecule has 2 heterocycles. The third-order valence-corrected chi connectivity index (χ3v) is 6.49. The summed E-state index contributed by atoms with van der Waals surface area (Å²) in [6.07, 6.45) is 4.87. The third kappa shape index (κ3) is 4.16. The molecule has 0 spiro atoms. The van der Waals surface area contributed by atoms with E-state index in [0.29, 0.717) is 23.1 Å². The van der Waals surface area contributed by atoms with Gasteiger partial charge in [0, 0.05) is 29.2 Å². The highest BCUT2D eigenvalue weighted by atomic mass is 32.1. The number of hydrogen-bond donors (Lipinski definition) is 2. The zero-order valence-corrected chi connectivity index (χ0v) is 17.9. The Labute approximate surface area is 169 Å². The number of thiocarbonyl (C=S) groups is 1. The molecule has 0 amide bonds. The van der Waals surface area contributed by atoms with Gasteiger partial charge in [-0.15, -0.1) is 11.3 Å². The van der Waals surface area contributed by atoms with Gasteiger partial charge in [-0.25, -0.2) is 4.79 Å². The van der Waals surface area contributed by atoms with Gasteiger partial charge in [0.1, 0.15) is 5.00 Å². The van der Waals surface area contributed by atoms with Crippen molar-refractivity contribution in [1.82, 2.24) is 15.1 Å². The summed E-state index contributed by atoms with van der Waals surface area (Å²) in [5, 5.41) is 12.1. The molecule has 146 valence electrons.